The zero-order valence-corrected chi connectivity index (χ0v) is 12.8. The molecule has 1 atom stereocenters. The van der Waals surface area contributed by atoms with Crippen molar-refractivity contribution in [1.82, 2.24) is 15.5 Å². The third-order valence-electron chi connectivity index (χ3n) is 2.62. The van der Waals surface area contributed by atoms with Gasteiger partial charge < -0.3 is 9.84 Å². The zero-order valence-electron chi connectivity index (χ0n) is 10.5. The average molecular weight is 323 g/mol. The molecule has 0 spiro atoms. The van der Waals surface area contributed by atoms with Gasteiger partial charge in [0, 0.05) is 18.0 Å². The lowest BCUT2D eigenvalue weighted by molar-refractivity contribution is 0.418. The number of benzene rings is 1. The summed E-state index contributed by atoms with van der Waals surface area (Å²) >= 11 is 11.8. The Morgan fingerprint density at radius 3 is 2.68 bits per heavy atom. The first-order valence-electron chi connectivity index (χ1n) is 5.55. The van der Waals surface area contributed by atoms with Gasteiger partial charge in [-0.25, -0.2) is 0 Å². The van der Waals surface area contributed by atoms with Crippen LogP contribution in [0.1, 0.15) is 12.7 Å². The van der Waals surface area contributed by atoms with Crippen LogP contribution in [-0.2, 0) is 6.42 Å². The zero-order chi connectivity index (χ0) is 13.1. The van der Waals surface area contributed by atoms with E-state index in [0.717, 1.165) is 5.56 Å². The second-order valence-electron chi connectivity index (χ2n) is 4.04. The summed E-state index contributed by atoms with van der Waals surface area (Å²) < 4.78 is 5.20. The third-order valence-corrected chi connectivity index (χ3v) is 3.36. The Kier molecular flexibility index (Phi) is 6.07. The van der Waals surface area contributed by atoms with Gasteiger partial charge in [-0.05, 0) is 32.2 Å². The van der Waals surface area contributed by atoms with Crippen LogP contribution in [0.4, 0.5) is 0 Å². The number of aromatic nitrogens is 2. The summed E-state index contributed by atoms with van der Waals surface area (Å²) in [5.41, 5.74) is 0.764. The van der Waals surface area contributed by atoms with E-state index in [2.05, 4.69) is 22.4 Å². The molecule has 1 N–H and O–H groups in total. The van der Waals surface area contributed by atoms with E-state index >= 15 is 0 Å². The molecule has 0 radical (unpaired) electrons. The molecule has 1 aromatic carbocycles. The van der Waals surface area contributed by atoms with Crippen LogP contribution in [0.3, 0.4) is 0 Å². The summed E-state index contributed by atoms with van der Waals surface area (Å²) in [5.74, 6) is 1.12. The normalized spacial score (nSPS) is 12.0. The fourth-order valence-electron chi connectivity index (χ4n) is 1.46. The number of hydrogen-bond donors (Lipinski definition) is 1. The van der Waals surface area contributed by atoms with Crippen molar-refractivity contribution in [2.75, 3.05) is 7.05 Å². The molecule has 0 aliphatic carbocycles. The Morgan fingerprint density at radius 2 is 2.05 bits per heavy atom. The summed E-state index contributed by atoms with van der Waals surface area (Å²) in [6.07, 6.45) is 0.710. The third kappa shape index (κ3) is 4.08. The molecule has 104 valence electrons. The Labute approximate surface area is 127 Å². The van der Waals surface area contributed by atoms with Crippen LogP contribution in [-0.4, -0.2) is 23.2 Å². The van der Waals surface area contributed by atoms with Crippen LogP contribution < -0.4 is 5.32 Å². The molecule has 4 nitrogen and oxygen atoms in total. The van der Waals surface area contributed by atoms with Gasteiger partial charge in [0.15, 0.2) is 5.82 Å². The lowest BCUT2D eigenvalue weighted by atomic mass is 10.2. The van der Waals surface area contributed by atoms with Crippen molar-refractivity contribution in [2.45, 2.75) is 19.4 Å². The predicted molar refractivity (Wildman–Crippen MR) is 79.2 cm³/mol. The minimum atomic E-state index is 0. The van der Waals surface area contributed by atoms with Crippen molar-refractivity contribution in [3.63, 3.8) is 0 Å². The Bertz CT molecular complexity index is 545. The molecule has 1 heterocycles. The van der Waals surface area contributed by atoms with Crippen LogP contribution in [0.5, 0.6) is 0 Å². The highest BCUT2D eigenvalue weighted by molar-refractivity contribution is 6.42. The highest BCUT2D eigenvalue weighted by Crippen LogP contribution is 2.27. The van der Waals surface area contributed by atoms with Crippen LogP contribution in [0.2, 0.25) is 10.0 Å². The first-order chi connectivity index (χ1) is 8.60. The van der Waals surface area contributed by atoms with E-state index in [1.807, 2.05) is 7.05 Å². The van der Waals surface area contributed by atoms with Gasteiger partial charge in [0.1, 0.15) is 0 Å². The standard InChI is InChI=1S/C12H13Cl2N3O.ClH/c1-7(15-2)5-11-16-12(18-17-11)8-3-4-9(13)10(14)6-8;/h3-4,6-7,15H,5H2,1-2H3;1H. The van der Waals surface area contributed by atoms with E-state index < -0.39 is 0 Å². The summed E-state index contributed by atoms with van der Waals surface area (Å²) in [6, 6.07) is 5.51. The second kappa shape index (κ2) is 7.10. The fourth-order valence-corrected chi connectivity index (χ4v) is 1.76. The number of likely N-dealkylation sites (N-methyl/N-ethyl adjacent to an activating group) is 1. The van der Waals surface area contributed by atoms with Crippen molar-refractivity contribution < 1.29 is 4.52 Å². The van der Waals surface area contributed by atoms with Gasteiger partial charge in [0.25, 0.3) is 5.89 Å². The van der Waals surface area contributed by atoms with Gasteiger partial charge in [0.2, 0.25) is 0 Å². The Morgan fingerprint density at radius 1 is 1.32 bits per heavy atom. The van der Waals surface area contributed by atoms with E-state index in [9.17, 15) is 0 Å². The van der Waals surface area contributed by atoms with E-state index in [-0.39, 0.29) is 12.4 Å². The molecule has 0 aliphatic heterocycles. The molecule has 7 heteroatoms. The lowest BCUT2D eigenvalue weighted by Crippen LogP contribution is -2.24. The second-order valence-corrected chi connectivity index (χ2v) is 4.85. The van der Waals surface area contributed by atoms with Gasteiger partial charge in [0.05, 0.1) is 10.0 Å². The molecule has 2 rings (SSSR count). The van der Waals surface area contributed by atoms with E-state index in [1.54, 1.807) is 18.2 Å². The quantitative estimate of drug-likeness (QED) is 0.934. The molecule has 0 saturated carbocycles. The molecular formula is C12H14Cl3N3O. The molecule has 0 aliphatic rings. The van der Waals surface area contributed by atoms with Crippen LogP contribution in [0.25, 0.3) is 11.5 Å². The number of hydrogen-bond acceptors (Lipinski definition) is 4. The molecule has 0 saturated heterocycles. The predicted octanol–water partition coefficient (Wildman–Crippen LogP) is 3.62. The largest absolute Gasteiger partial charge is 0.334 e. The van der Waals surface area contributed by atoms with Crippen LogP contribution in [0.15, 0.2) is 22.7 Å². The highest BCUT2D eigenvalue weighted by atomic mass is 35.5. The lowest BCUT2D eigenvalue weighted by Gasteiger charge is -2.04. The maximum Gasteiger partial charge on any atom is 0.257 e. The summed E-state index contributed by atoms with van der Waals surface area (Å²) in [5, 5.41) is 8.02. The van der Waals surface area contributed by atoms with Crippen molar-refractivity contribution in [1.29, 1.82) is 0 Å². The van der Waals surface area contributed by atoms with Gasteiger partial charge in [-0.15, -0.1) is 12.4 Å². The van der Waals surface area contributed by atoms with Gasteiger partial charge in [-0.3, -0.25) is 0 Å². The SMILES string of the molecule is CNC(C)Cc1noc(-c2ccc(Cl)c(Cl)c2)n1.Cl. The topological polar surface area (TPSA) is 51.0 Å². The smallest absolute Gasteiger partial charge is 0.257 e. The van der Waals surface area contributed by atoms with Crippen LogP contribution >= 0.6 is 35.6 Å². The monoisotopic (exact) mass is 321 g/mol. The summed E-state index contributed by atoms with van der Waals surface area (Å²) in [4.78, 5) is 4.32. The maximum absolute atomic E-state index is 5.95. The van der Waals surface area contributed by atoms with Gasteiger partial charge >= 0.3 is 0 Å². The number of halogens is 3. The van der Waals surface area contributed by atoms with E-state index in [1.165, 1.54) is 0 Å². The molecule has 2 aromatic rings. The van der Waals surface area contributed by atoms with Crippen molar-refractivity contribution >= 4 is 35.6 Å². The minimum Gasteiger partial charge on any atom is -0.334 e. The number of nitrogens with one attached hydrogen (secondary N) is 1. The Hall–Kier alpha value is -0.810. The summed E-state index contributed by atoms with van der Waals surface area (Å²) in [7, 11) is 1.89. The summed E-state index contributed by atoms with van der Waals surface area (Å²) in [6.45, 7) is 2.05. The van der Waals surface area contributed by atoms with Crippen molar-refractivity contribution in [3.05, 3.63) is 34.1 Å². The molecule has 19 heavy (non-hydrogen) atoms. The molecule has 0 fully saturated rings. The first-order valence-corrected chi connectivity index (χ1v) is 6.31. The van der Waals surface area contributed by atoms with E-state index in [4.69, 9.17) is 27.7 Å². The van der Waals surface area contributed by atoms with Crippen molar-refractivity contribution in [2.24, 2.45) is 0 Å². The van der Waals surface area contributed by atoms with Gasteiger partial charge in [-0.2, -0.15) is 4.98 Å². The molecule has 1 unspecified atom stereocenters. The molecular weight excluding hydrogens is 309 g/mol. The average Bonchev–Trinajstić information content (AvgIpc) is 2.81. The van der Waals surface area contributed by atoms with Crippen molar-refractivity contribution in [3.8, 4) is 11.5 Å². The first kappa shape index (κ1) is 16.2. The van der Waals surface area contributed by atoms with Crippen LogP contribution in [0, 0.1) is 0 Å². The van der Waals surface area contributed by atoms with Gasteiger partial charge in [-0.1, -0.05) is 28.4 Å². The minimum absolute atomic E-state index is 0. The highest BCUT2D eigenvalue weighted by Gasteiger charge is 2.12. The maximum atomic E-state index is 5.95. The van der Waals surface area contributed by atoms with E-state index in [0.29, 0.717) is 34.2 Å². The fraction of sp³-hybridized carbons (Fsp3) is 0.333. The molecule has 0 bridgehead atoms. The number of rotatable bonds is 4. The molecule has 1 aromatic heterocycles. The Balaban J connectivity index is 0.00000180. The molecule has 0 amide bonds. The number of nitrogens with zero attached hydrogens (tertiary/aromatic N) is 2.